The van der Waals surface area contributed by atoms with Crippen LogP contribution >= 0.6 is 49.9 Å². The van der Waals surface area contributed by atoms with Gasteiger partial charge >= 0.3 is 0 Å². The Morgan fingerprint density at radius 3 is 2.55 bits per heavy atom. The summed E-state index contributed by atoms with van der Waals surface area (Å²) in [5.74, 6) is 0. The second kappa shape index (κ2) is 6.13. The Labute approximate surface area is 144 Å². The molecule has 0 bridgehead atoms. The van der Waals surface area contributed by atoms with Gasteiger partial charge in [-0.15, -0.1) is 11.3 Å². The summed E-state index contributed by atoms with van der Waals surface area (Å²) < 4.78 is 2.46. The van der Waals surface area contributed by atoms with Crippen LogP contribution in [0.4, 0.5) is 0 Å². The van der Waals surface area contributed by atoms with E-state index in [4.69, 9.17) is 0 Å². The molecule has 0 saturated carbocycles. The molecule has 0 spiro atoms. The second-order valence-electron chi connectivity index (χ2n) is 4.59. The Morgan fingerprint density at radius 1 is 1.15 bits per heavy atom. The van der Waals surface area contributed by atoms with E-state index in [1.807, 2.05) is 7.05 Å². The van der Waals surface area contributed by atoms with E-state index in [2.05, 4.69) is 91.7 Å². The van der Waals surface area contributed by atoms with Crippen LogP contribution in [0, 0.1) is 2.88 Å². The van der Waals surface area contributed by atoms with E-state index in [0.717, 1.165) is 4.47 Å². The predicted octanol–water partition coefficient (Wildman–Crippen LogP) is 5.58. The lowest BCUT2D eigenvalue weighted by atomic mass is 9.95. The zero-order valence-electron chi connectivity index (χ0n) is 10.9. The molecule has 3 rings (SSSR count). The van der Waals surface area contributed by atoms with Crippen LogP contribution < -0.4 is 5.32 Å². The van der Waals surface area contributed by atoms with Crippen molar-refractivity contribution in [3.8, 4) is 0 Å². The molecule has 0 aliphatic heterocycles. The molecule has 20 heavy (non-hydrogen) atoms. The van der Waals surface area contributed by atoms with E-state index in [1.54, 1.807) is 11.3 Å². The molecule has 1 N–H and O–H groups in total. The first-order chi connectivity index (χ1) is 9.70. The molecule has 3 aromatic rings. The van der Waals surface area contributed by atoms with Crippen molar-refractivity contribution in [2.45, 2.75) is 6.04 Å². The molecule has 102 valence electrons. The van der Waals surface area contributed by atoms with Crippen LogP contribution in [-0.4, -0.2) is 7.05 Å². The second-order valence-corrected chi connectivity index (χ2v) is 8.25. The van der Waals surface area contributed by atoms with Gasteiger partial charge in [0, 0.05) is 4.47 Å². The lowest BCUT2D eigenvalue weighted by Gasteiger charge is -2.18. The van der Waals surface area contributed by atoms with Crippen molar-refractivity contribution in [3.05, 3.63) is 66.3 Å². The van der Waals surface area contributed by atoms with Crippen LogP contribution in [0.5, 0.6) is 0 Å². The van der Waals surface area contributed by atoms with E-state index < -0.39 is 0 Å². The molecule has 0 aliphatic carbocycles. The van der Waals surface area contributed by atoms with Crippen molar-refractivity contribution in [2.24, 2.45) is 0 Å². The molecular formula is C16H13BrINS. The standard InChI is InChI=1S/C16H13BrINS/c1-19-16(10-8-15(18)20-9-10)13-6-7-14(17)12-5-3-2-4-11(12)13/h2-9,16,19H,1H3. The van der Waals surface area contributed by atoms with Crippen molar-refractivity contribution in [1.29, 1.82) is 0 Å². The maximum Gasteiger partial charge on any atom is 0.0656 e. The Kier molecular flexibility index (Phi) is 4.45. The molecule has 0 saturated heterocycles. The highest BCUT2D eigenvalue weighted by Gasteiger charge is 2.16. The Hall–Kier alpha value is -0.430. The average molecular weight is 458 g/mol. The van der Waals surface area contributed by atoms with Gasteiger partial charge in [-0.3, -0.25) is 0 Å². The van der Waals surface area contributed by atoms with E-state index in [0.29, 0.717) is 0 Å². The SMILES string of the molecule is CNC(c1csc(I)c1)c1ccc(Br)c2ccccc12. The number of rotatable bonds is 3. The molecule has 0 radical (unpaired) electrons. The molecule has 4 heteroatoms. The largest absolute Gasteiger partial charge is 0.309 e. The minimum absolute atomic E-state index is 0.229. The molecule has 1 atom stereocenters. The summed E-state index contributed by atoms with van der Waals surface area (Å²) >= 11 is 7.81. The number of hydrogen-bond donors (Lipinski definition) is 1. The van der Waals surface area contributed by atoms with Crippen molar-refractivity contribution in [2.75, 3.05) is 7.05 Å². The lowest BCUT2D eigenvalue weighted by molar-refractivity contribution is 0.699. The smallest absolute Gasteiger partial charge is 0.0656 e. The van der Waals surface area contributed by atoms with Crippen molar-refractivity contribution in [1.82, 2.24) is 5.32 Å². The van der Waals surface area contributed by atoms with E-state index >= 15 is 0 Å². The molecule has 2 aromatic carbocycles. The molecule has 0 amide bonds. The van der Waals surface area contributed by atoms with Gasteiger partial charge in [0.2, 0.25) is 0 Å². The lowest BCUT2D eigenvalue weighted by Crippen LogP contribution is -2.17. The van der Waals surface area contributed by atoms with Crippen molar-refractivity contribution in [3.63, 3.8) is 0 Å². The normalized spacial score (nSPS) is 12.8. The van der Waals surface area contributed by atoms with Gasteiger partial charge < -0.3 is 5.32 Å². The maximum atomic E-state index is 3.64. The summed E-state index contributed by atoms with van der Waals surface area (Å²) in [5.41, 5.74) is 2.65. The molecule has 1 heterocycles. The topological polar surface area (TPSA) is 12.0 Å². The van der Waals surface area contributed by atoms with Crippen LogP contribution in [0.1, 0.15) is 17.2 Å². The molecule has 1 aromatic heterocycles. The molecule has 1 unspecified atom stereocenters. The van der Waals surface area contributed by atoms with Gasteiger partial charge in [-0.2, -0.15) is 0 Å². The van der Waals surface area contributed by atoms with Gasteiger partial charge in [0.15, 0.2) is 0 Å². The highest BCUT2D eigenvalue weighted by Crippen LogP contribution is 2.34. The van der Waals surface area contributed by atoms with E-state index in [9.17, 15) is 0 Å². The maximum absolute atomic E-state index is 3.64. The van der Waals surface area contributed by atoms with E-state index in [-0.39, 0.29) is 6.04 Å². The Bertz CT molecular complexity index is 753. The zero-order chi connectivity index (χ0) is 14.1. The summed E-state index contributed by atoms with van der Waals surface area (Å²) in [6, 6.07) is 15.4. The number of hydrogen-bond acceptors (Lipinski definition) is 2. The minimum atomic E-state index is 0.229. The fourth-order valence-electron chi connectivity index (χ4n) is 2.51. The van der Waals surface area contributed by atoms with Crippen LogP contribution in [-0.2, 0) is 0 Å². The van der Waals surface area contributed by atoms with Gasteiger partial charge in [-0.05, 0) is 69.1 Å². The Balaban J connectivity index is 2.20. The van der Waals surface area contributed by atoms with Crippen molar-refractivity contribution >= 4 is 60.6 Å². The van der Waals surface area contributed by atoms with Crippen molar-refractivity contribution < 1.29 is 0 Å². The monoisotopic (exact) mass is 457 g/mol. The molecule has 1 nitrogen and oxygen atoms in total. The summed E-state index contributed by atoms with van der Waals surface area (Å²) in [4.78, 5) is 0. The number of thiophene rings is 1. The highest BCUT2D eigenvalue weighted by atomic mass is 127. The third kappa shape index (κ3) is 2.66. The third-order valence-corrected chi connectivity index (χ3v) is 5.92. The zero-order valence-corrected chi connectivity index (χ0v) is 15.4. The van der Waals surface area contributed by atoms with Gasteiger partial charge in [-0.25, -0.2) is 0 Å². The minimum Gasteiger partial charge on any atom is -0.309 e. The molecule has 0 aliphatic rings. The Morgan fingerprint density at radius 2 is 1.90 bits per heavy atom. The van der Waals surface area contributed by atoms with Gasteiger partial charge in [-0.1, -0.05) is 46.3 Å². The summed E-state index contributed by atoms with van der Waals surface area (Å²) in [5, 5.41) is 8.24. The van der Waals surface area contributed by atoms with Crippen LogP contribution in [0.2, 0.25) is 0 Å². The summed E-state index contributed by atoms with van der Waals surface area (Å²) in [7, 11) is 2.02. The fourth-order valence-corrected chi connectivity index (χ4v) is 4.39. The molecule has 0 fully saturated rings. The quantitative estimate of drug-likeness (QED) is 0.506. The van der Waals surface area contributed by atoms with Gasteiger partial charge in [0.1, 0.15) is 0 Å². The average Bonchev–Trinajstić information content (AvgIpc) is 2.89. The number of nitrogens with one attached hydrogen (secondary N) is 1. The predicted molar refractivity (Wildman–Crippen MR) is 99.6 cm³/mol. The number of benzene rings is 2. The summed E-state index contributed by atoms with van der Waals surface area (Å²) in [6.45, 7) is 0. The van der Waals surface area contributed by atoms with Crippen LogP contribution in [0.15, 0.2) is 52.3 Å². The van der Waals surface area contributed by atoms with Crippen LogP contribution in [0.3, 0.4) is 0 Å². The summed E-state index contributed by atoms with van der Waals surface area (Å²) in [6.07, 6.45) is 0. The first-order valence-corrected chi connectivity index (χ1v) is 9.04. The number of halogens is 2. The third-order valence-electron chi connectivity index (χ3n) is 3.43. The molecular weight excluding hydrogens is 445 g/mol. The van der Waals surface area contributed by atoms with Gasteiger partial charge in [0.05, 0.1) is 8.93 Å². The first-order valence-electron chi connectivity index (χ1n) is 6.29. The fraction of sp³-hybridized carbons (Fsp3) is 0.125. The van der Waals surface area contributed by atoms with E-state index in [1.165, 1.54) is 24.8 Å². The highest BCUT2D eigenvalue weighted by molar-refractivity contribution is 14.1. The first kappa shape index (κ1) is 14.5. The van der Waals surface area contributed by atoms with Gasteiger partial charge in [0.25, 0.3) is 0 Å². The number of fused-ring (bicyclic) bond motifs is 1. The van der Waals surface area contributed by atoms with Crippen LogP contribution in [0.25, 0.3) is 10.8 Å².